The number of hydrogen-bond acceptors (Lipinski definition) is 6. The monoisotopic (exact) mass is 480 g/mol. The molecule has 0 aliphatic carbocycles. The predicted molar refractivity (Wildman–Crippen MR) is 136 cm³/mol. The zero-order chi connectivity index (χ0) is 24.5. The maximum atomic E-state index is 13.0. The highest BCUT2D eigenvalue weighted by Gasteiger charge is 2.20. The number of amides is 2. The Hall–Kier alpha value is -3.65. The molecule has 0 aliphatic rings. The Balaban J connectivity index is 1.70. The lowest BCUT2D eigenvalue weighted by Crippen LogP contribution is -2.24. The first-order chi connectivity index (χ1) is 16.5. The molecule has 0 bridgehead atoms. The van der Waals surface area contributed by atoms with Crippen LogP contribution in [0.25, 0.3) is 0 Å². The van der Waals surface area contributed by atoms with E-state index in [4.69, 9.17) is 14.2 Å². The first-order valence-electron chi connectivity index (χ1n) is 10.7. The van der Waals surface area contributed by atoms with E-state index in [0.29, 0.717) is 34.9 Å². The second kappa shape index (κ2) is 12.0. The van der Waals surface area contributed by atoms with E-state index in [9.17, 15) is 9.59 Å². The van der Waals surface area contributed by atoms with Gasteiger partial charge in [-0.05, 0) is 61.0 Å². The van der Waals surface area contributed by atoms with Gasteiger partial charge in [0.2, 0.25) is 5.91 Å². The van der Waals surface area contributed by atoms with Crippen molar-refractivity contribution in [3.8, 4) is 17.2 Å². The summed E-state index contributed by atoms with van der Waals surface area (Å²) in [5.74, 6) is 1.13. The van der Waals surface area contributed by atoms with Crippen LogP contribution in [0.2, 0.25) is 0 Å². The van der Waals surface area contributed by atoms with Crippen molar-refractivity contribution in [2.24, 2.45) is 0 Å². The summed E-state index contributed by atoms with van der Waals surface area (Å²) in [5.41, 5.74) is 1.63. The largest absolute Gasteiger partial charge is 0.497 e. The van der Waals surface area contributed by atoms with Gasteiger partial charge in [-0.1, -0.05) is 19.1 Å². The van der Waals surface area contributed by atoms with Crippen LogP contribution in [0.3, 0.4) is 0 Å². The Labute approximate surface area is 203 Å². The summed E-state index contributed by atoms with van der Waals surface area (Å²) in [6.07, 6.45) is 0.641. The number of carbonyl (C=O) groups is 2. The SMILES string of the molecule is CCC(Sc1cccc(NC(=O)c2c(OC)cccc2OC)c1)C(=O)Nc1ccc(OC)cc1. The minimum absolute atomic E-state index is 0.0918. The Kier molecular flexibility index (Phi) is 8.81. The fourth-order valence-electron chi connectivity index (χ4n) is 3.30. The highest BCUT2D eigenvalue weighted by atomic mass is 32.2. The topological polar surface area (TPSA) is 85.9 Å². The third kappa shape index (κ3) is 6.23. The van der Waals surface area contributed by atoms with Crippen LogP contribution in [-0.2, 0) is 4.79 Å². The molecule has 0 radical (unpaired) electrons. The number of benzene rings is 3. The molecular formula is C26H28N2O5S. The Morgan fingerprint density at radius 3 is 2.06 bits per heavy atom. The summed E-state index contributed by atoms with van der Waals surface area (Å²) in [6, 6.07) is 19.8. The van der Waals surface area contributed by atoms with Crippen LogP contribution in [0.5, 0.6) is 17.2 Å². The molecule has 1 atom stereocenters. The maximum absolute atomic E-state index is 13.0. The number of thioether (sulfide) groups is 1. The molecular weight excluding hydrogens is 452 g/mol. The summed E-state index contributed by atoms with van der Waals surface area (Å²) in [4.78, 5) is 26.7. The van der Waals surface area contributed by atoms with Gasteiger partial charge in [-0.2, -0.15) is 0 Å². The Bertz CT molecular complexity index is 1110. The van der Waals surface area contributed by atoms with Gasteiger partial charge >= 0.3 is 0 Å². The van der Waals surface area contributed by atoms with Gasteiger partial charge in [0.05, 0.1) is 26.6 Å². The molecule has 7 nitrogen and oxygen atoms in total. The van der Waals surface area contributed by atoms with Crippen molar-refractivity contribution < 1.29 is 23.8 Å². The molecule has 2 N–H and O–H groups in total. The summed E-state index contributed by atoms with van der Waals surface area (Å²) >= 11 is 1.44. The van der Waals surface area contributed by atoms with Crippen molar-refractivity contribution in [3.05, 3.63) is 72.3 Å². The van der Waals surface area contributed by atoms with Gasteiger partial charge in [0.1, 0.15) is 22.8 Å². The van der Waals surface area contributed by atoms with Crippen LogP contribution in [0.15, 0.2) is 71.6 Å². The lowest BCUT2D eigenvalue weighted by Gasteiger charge is -2.16. The molecule has 0 aliphatic heterocycles. The summed E-state index contributed by atoms with van der Waals surface area (Å²) < 4.78 is 15.8. The lowest BCUT2D eigenvalue weighted by atomic mass is 10.1. The highest BCUT2D eigenvalue weighted by molar-refractivity contribution is 8.00. The van der Waals surface area contributed by atoms with Gasteiger partial charge in [-0.3, -0.25) is 9.59 Å². The number of nitrogens with one attached hydrogen (secondary N) is 2. The molecule has 0 saturated heterocycles. The summed E-state index contributed by atoms with van der Waals surface area (Å²) in [6.45, 7) is 1.96. The summed E-state index contributed by atoms with van der Waals surface area (Å²) in [5, 5.41) is 5.54. The number of ether oxygens (including phenoxy) is 3. The number of rotatable bonds is 10. The molecule has 1 unspecified atom stereocenters. The van der Waals surface area contributed by atoms with E-state index >= 15 is 0 Å². The van der Waals surface area contributed by atoms with Crippen molar-refractivity contribution in [1.29, 1.82) is 0 Å². The van der Waals surface area contributed by atoms with Crippen LogP contribution in [0.4, 0.5) is 11.4 Å². The minimum Gasteiger partial charge on any atom is -0.497 e. The normalized spacial score (nSPS) is 11.3. The molecule has 0 spiro atoms. The van der Waals surface area contributed by atoms with Crippen molar-refractivity contribution >= 4 is 35.0 Å². The smallest absolute Gasteiger partial charge is 0.263 e. The molecule has 3 aromatic carbocycles. The fourth-order valence-corrected chi connectivity index (χ4v) is 4.31. The average Bonchev–Trinajstić information content (AvgIpc) is 2.87. The number of carbonyl (C=O) groups excluding carboxylic acids is 2. The quantitative estimate of drug-likeness (QED) is 0.374. The van der Waals surface area contributed by atoms with Gasteiger partial charge in [0.25, 0.3) is 5.91 Å². The van der Waals surface area contributed by atoms with E-state index in [1.807, 2.05) is 25.1 Å². The molecule has 0 fully saturated rings. The Morgan fingerprint density at radius 1 is 0.824 bits per heavy atom. The second-order valence-electron chi connectivity index (χ2n) is 7.25. The zero-order valence-corrected chi connectivity index (χ0v) is 20.4. The number of anilines is 2. The lowest BCUT2D eigenvalue weighted by molar-refractivity contribution is -0.115. The molecule has 178 valence electrons. The first kappa shape index (κ1) is 25.0. The molecule has 34 heavy (non-hydrogen) atoms. The third-order valence-electron chi connectivity index (χ3n) is 5.05. The van der Waals surface area contributed by atoms with Gasteiger partial charge in [-0.15, -0.1) is 11.8 Å². The van der Waals surface area contributed by atoms with Gasteiger partial charge < -0.3 is 24.8 Å². The summed E-state index contributed by atoms with van der Waals surface area (Å²) in [7, 11) is 4.61. The molecule has 0 saturated carbocycles. The van der Waals surface area contributed by atoms with Crippen LogP contribution in [-0.4, -0.2) is 38.4 Å². The van der Waals surface area contributed by atoms with Crippen LogP contribution < -0.4 is 24.8 Å². The minimum atomic E-state index is -0.347. The van der Waals surface area contributed by atoms with E-state index < -0.39 is 0 Å². The van der Waals surface area contributed by atoms with Crippen LogP contribution in [0, 0.1) is 0 Å². The van der Waals surface area contributed by atoms with Crippen molar-refractivity contribution in [1.82, 2.24) is 0 Å². The van der Waals surface area contributed by atoms with Crippen molar-refractivity contribution in [2.45, 2.75) is 23.5 Å². The van der Waals surface area contributed by atoms with Crippen LogP contribution >= 0.6 is 11.8 Å². The molecule has 8 heteroatoms. The number of hydrogen-bond donors (Lipinski definition) is 2. The number of methoxy groups -OCH3 is 3. The Morgan fingerprint density at radius 2 is 1.47 bits per heavy atom. The van der Waals surface area contributed by atoms with Crippen molar-refractivity contribution in [2.75, 3.05) is 32.0 Å². The molecule has 3 rings (SSSR count). The van der Waals surface area contributed by atoms with Gasteiger partial charge in [0.15, 0.2) is 0 Å². The van der Waals surface area contributed by atoms with E-state index in [1.165, 1.54) is 26.0 Å². The van der Waals surface area contributed by atoms with E-state index in [2.05, 4.69) is 10.6 Å². The van der Waals surface area contributed by atoms with E-state index in [0.717, 1.165) is 10.6 Å². The molecule has 0 aromatic heterocycles. The molecule has 3 aromatic rings. The first-order valence-corrected chi connectivity index (χ1v) is 11.6. The predicted octanol–water partition coefficient (Wildman–Crippen LogP) is 5.47. The fraction of sp³-hybridized carbons (Fsp3) is 0.231. The van der Waals surface area contributed by atoms with Crippen molar-refractivity contribution in [3.63, 3.8) is 0 Å². The van der Waals surface area contributed by atoms with Gasteiger partial charge in [0, 0.05) is 16.3 Å². The zero-order valence-electron chi connectivity index (χ0n) is 19.6. The van der Waals surface area contributed by atoms with E-state index in [-0.39, 0.29) is 17.1 Å². The van der Waals surface area contributed by atoms with Gasteiger partial charge in [-0.25, -0.2) is 0 Å². The van der Waals surface area contributed by atoms with Crippen LogP contribution in [0.1, 0.15) is 23.7 Å². The second-order valence-corrected chi connectivity index (χ2v) is 8.53. The highest BCUT2D eigenvalue weighted by Crippen LogP contribution is 2.31. The maximum Gasteiger partial charge on any atom is 0.263 e. The average molecular weight is 481 g/mol. The third-order valence-corrected chi connectivity index (χ3v) is 6.40. The van der Waals surface area contributed by atoms with E-state index in [1.54, 1.807) is 55.6 Å². The molecule has 0 heterocycles. The molecule has 2 amide bonds. The standard InChI is InChI=1S/C26H28N2O5S/c1-5-23(25(29)27-17-12-14-19(31-2)15-13-17)34-20-9-6-8-18(16-20)28-26(30)24-21(32-3)10-7-11-22(24)33-4/h6-16,23H,5H2,1-4H3,(H,27,29)(H,28,30).